The van der Waals surface area contributed by atoms with E-state index in [0.717, 1.165) is 51.6 Å². The highest BCUT2D eigenvalue weighted by Gasteiger charge is 2.00. The maximum absolute atomic E-state index is 10.6. The van der Waals surface area contributed by atoms with Crippen LogP contribution in [0.4, 0.5) is 0 Å². The molecule has 5 heteroatoms. The molecule has 0 aromatic heterocycles. The van der Waals surface area contributed by atoms with Crippen molar-refractivity contribution in [1.29, 1.82) is 0 Å². The van der Waals surface area contributed by atoms with E-state index in [0.29, 0.717) is 6.61 Å². The van der Waals surface area contributed by atoms with Gasteiger partial charge in [0.2, 0.25) is 0 Å². The van der Waals surface area contributed by atoms with E-state index in [-0.39, 0.29) is 0 Å². The largest absolute Gasteiger partial charge is 0.381 e. The summed E-state index contributed by atoms with van der Waals surface area (Å²) in [6, 6.07) is 0. The lowest BCUT2D eigenvalue weighted by atomic mass is 10.2. The Morgan fingerprint density at radius 1 is 0.875 bits per heavy atom. The maximum atomic E-state index is 10.6. The minimum Gasteiger partial charge on any atom is -0.381 e. The van der Waals surface area contributed by atoms with Crippen LogP contribution in [-0.4, -0.2) is 34.5 Å². The molecule has 0 rings (SSSR count). The van der Waals surface area contributed by atoms with Crippen LogP contribution in [0.3, 0.4) is 0 Å². The summed E-state index contributed by atoms with van der Waals surface area (Å²) in [6.45, 7) is 4.11. The molecule has 0 N–H and O–H groups in total. The lowest BCUT2D eigenvalue weighted by Gasteiger charge is -2.03. The molecular weight excluding hydrogens is 228 g/mol. The maximum Gasteiger partial charge on any atom is 0.264 e. The molecule has 0 aromatic carbocycles. The first-order chi connectivity index (χ1) is 7.56. The van der Waals surface area contributed by atoms with Gasteiger partial charge in [-0.25, -0.2) is 0 Å². The minimum absolute atomic E-state index is 0.301. The van der Waals surface area contributed by atoms with Gasteiger partial charge in [-0.2, -0.15) is 8.42 Å². The predicted molar refractivity (Wildman–Crippen MR) is 65.0 cm³/mol. The van der Waals surface area contributed by atoms with Crippen molar-refractivity contribution in [2.75, 3.05) is 26.1 Å². The molecule has 0 saturated carbocycles. The molecule has 0 atom stereocenters. The molecule has 0 heterocycles. The highest BCUT2D eigenvalue weighted by Crippen LogP contribution is 2.02. The van der Waals surface area contributed by atoms with Crippen LogP contribution in [0.2, 0.25) is 0 Å². The molecule has 0 spiro atoms. The van der Waals surface area contributed by atoms with Crippen molar-refractivity contribution in [1.82, 2.24) is 0 Å². The van der Waals surface area contributed by atoms with Gasteiger partial charge < -0.3 is 4.74 Å². The number of ether oxygens (including phenoxy) is 1. The molecule has 0 aromatic rings. The van der Waals surface area contributed by atoms with E-state index in [1.165, 1.54) is 6.42 Å². The molecule has 0 amide bonds. The normalized spacial score (nSPS) is 11.9. The Kier molecular flexibility index (Phi) is 9.97. The van der Waals surface area contributed by atoms with Crippen molar-refractivity contribution >= 4 is 10.1 Å². The van der Waals surface area contributed by atoms with E-state index in [2.05, 4.69) is 11.1 Å². The molecule has 0 aliphatic carbocycles. The predicted octanol–water partition coefficient (Wildman–Crippen LogP) is 2.34. The van der Waals surface area contributed by atoms with Gasteiger partial charge in [0.25, 0.3) is 10.1 Å². The third-order valence-electron chi connectivity index (χ3n) is 2.12. The van der Waals surface area contributed by atoms with Crippen LogP contribution in [0.5, 0.6) is 0 Å². The standard InChI is InChI=1S/C11H24O4S/c1-3-4-9-14-10-7-5-6-8-11-15-16(2,12)13/h3-11H2,1-2H3. The van der Waals surface area contributed by atoms with E-state index < -0.39 is 10.1 Å². The topological polar surface area (TPSA) is 52.6 Å². The second kappa shape index (κ2) is 10.1. The van der Waals surface area contributed by atoms with Crippen LogP contribution in [0.15, 0.2) is 0 Å². The summed E-state index contributed by atoms with van der Waals surface area (Å²) in [5.74, 6) is 0. The molecule has 0 radical (unpaired) electrons. The fraction of sp³-hybridized carbons (Fsp3) is 1.00. The fourth-order valence-corrected chi connectivity index (χ4v) is 1.64. The van der Waals surface area contributed by atoms with Crippen molar-refractivity contribution in [3.63, 3.8) is 0 Å². The van der Waals surface area contributed by atoms with Crippen LogP contribution in [0.1, 0.15) is 45.4 Å². The fourth-order valence-electron chi connectivity index (χ4n) is 1.22. The number of hydrogen-bond donors (Lipinski definition) is 0. The quantitative estimate of drug-likeness (QED) is 0.418. The Balaban J connectivity index is 3.05. The third kappa shape index (κ3) is 13.9. The highest BCUT2D eigenvalue weighted by molar-refractivity contribution is 7.85. The van der Waals surface area contributed by atoms with Gasteiger partial charge in [0.05, 0.1) is 12.9 Å². The number of hydrogen-bond acceptors (Lipinski definition) is 4. The minimum atomic E-state index is -3.26. The molecule has 0 unspecified atom stereocenters. The summed E-state index contributed by atoms with van der Waals surface area (Å²) in [5.41, 5.74) is 0. The molecule has 0 aliphatic rings. The molecule has 0 aliphatic heterocycles. The number of rotatable bonds is 11. The molecule has 0 fully saturated rings. The van der Waals surface area contributed by atoms with E-state index in [4.69, 9.17) is 4.74 Å². The zero-order valence-corrected chi connectivity index (χ0v) is 11.2. The summed E-state index contributed by atoms with van der Waals surface area (Å²) >= 11 is 0. The Hall–Kier alpha value is -0.130. The Labute approximate surface area is 99.5 Å². The summed E-state index contributed by atoms with van der Waals surface area (Å²) in [6.07, 6.45) is 7.27. The Morgan fingerprint density at radius 3 is 2.00 bits per heavy atom. The lowest BCUT2D eigenvalue weighted by Crippen LogP contribution is -2.04. The van der Waals surface area contributed by atoms with Gasteiger partial charge >= 0.3 is 0 Å². The Bertz CT molecular complexity index is 236. The van der Waals surface area contributed by atoms with Crippen LogP contribution < -0.4 is 0 Å². The summed E-state index contributed by atoms with van der Waals surface area (Å²) in [7, 11) is -3.26. The molecule has 0 bridgehead atoms. The molecular formula is C11H24O4S. The van der Waals surface area contributed by atoms with Crippen LogP contribution in [0, 0.1) is 0 Å². The van der Waals surface area contributed by atoms with E-state index in [9.17, 15) is 8.42 Å². The van der Waals surface area contributed by atoms with Gasteiger partial charge in [-0.3, -0.25) is 4.18 Å². The molecule has 0 saturated heterocycles. The Morgan fingerprint density at radius 2 is 1.44 bits per heavy atom. The van der Waals surface area contributed by atoms with Gasteiger partial charge in [0.1, 0.15) is 0 Å². The SMILES string of the molecule is CCCCOCCCCCCOS(C)(=O)=O. The van der Waals surface area contributed by atoms with Gasteiger partial charge in [-0.05, 0) is 19.3 Å². The smallest absolute Gasteiger partial charge is 0.264 e. The first-order valence-corrected chi connectivity index (χ1v) is 7.80. The zero-order chi connectivity index (χ0) is 12.3. The van der Waals surface area contributed by atoms with E-state index in [1.54, 1.807) is 0 Å². The summed E-state index contributed by atoms with van der Waals surface area (Å²) < 4.78 is 31.3. The average molecular weight is 252 g/mol. The highest BCUT2D eigenvalue weighted by atomic mass is 32.2. The molecule has 98 valence electrons. The summed E-state index contributed by atoms with van der Waals surface area (Å²) in [4.78, 5) is 0. The second-order valence-corrected chi connectivity index (χ2v) is 5.55. The van der Waals surface area contributed by atoms with E-state index >= 15 is 0 Å². The summed E-state index contributed by atoms with van der Waals surface area (Å²) in [5, 5.41) is 0. The van der Waals surface area contributed by atoms with E-state index in [1.807, 2.05) is 0 Å². The van der Waals surface area contributed by atoms with Crippen molar-refractivity contribution in [2.45, 2.75) is 45.4 Å². The van der Waals surface area contributed by atoms with Crippen molar-refractivity contribution in [3.8, 4) is 0 Å². The third-order valence-corrected chi connectivity index (χ3v) is 2.72. The molecule has 16 heavy (non-hydrogen) atoms. The van der Waals surface area contributed by atoms with Crippen molar-refractivity contribution < 1.29 is 17.3 Å². The van der Waals surface area contributed by atoms with Crippen LogP contribution in [0.25, 0.3) is 0 Å². The van der Waals surface area contributed by atoms with Gasteiger partial charge in [-0.15, -0.1) is 0 Å². The first kappa shape index (κ1) is 15.9. The average Bonchev–Trinajstić information content (AvgIpc) is 2.19. The van der Waals surface area contributed by atoms with Crippen molar-refractivity contribution in [2.24, 2.45) is 0 Å². The zero-order valence-electron chi connectivity index (χ0n) is 10.4. The molecule has 4 nitrogen and oxygen atoms in total. The monoisotopic (exact) mass is 252 g/mol. The van der Waals surface area contributed by atoms with Crippen LogP contribution >= 0.6 is 0 Å². The number of unbranched alkanes of at least 4 members (excludes halogenated alkanes) is 4. The van der Waals surface area contributed by atoms with Gasteiger partial charge in [0.15, 0.2) is 0 Å². The lowest BCUT2D eigenvalue weighted by molar-refractivity contribution is 0.126. The van der Waals surface area contributed by atoms with Crippen molar-refractivity contribution in [3.05, 3.63) is 0 Å². The first-order valence-electron chi connectivity index (χ1n) is 5.98. The van der Waals surface area contributed by atoms with Gasteiger partial charge in [0, 0.05) is 13.2 Å². The second-order valence-electron chi connectivity index (χ2n) is 3.91. The van der Waals surface area contributed by atoms with Gasteiger partial charge in [-0.1, -0.05) is 26.2 Å². The van der Waals surface area contributed by atoms with Crippen LogP contribution in [-0.2, 0) is 19.0 Å².